The number of ether oxygens (including phenoxy) is 1. The summed E-state index contributed by atoms with van der Waals surface area (Å²) in [6.07, 6.45) is -2.32. The number of amides is 1. The zero-order valence-electron chi connectivity index (χ0n) is 16.4. The number of halogens is 4. The smallest absolute Gasteiger partial charge is 0.416 e. The molecule has 1 aliphatic rings. The van der Waals surface area contributed by atoms with Gasteiger partial charge in [0.2, 0.25) is 0 Å². The molecular formula is C22H20F4N2O3. The minimum atomic E-state index is -4.48. The number of piperazine rings is 1. The van der Waals surface area contributed by atoms with Crippen molar-refractivity contribution in [2.24, 2.45) is 0 Å². The summed E-state index contributed by atoms with van der Waals surface area (Å²) in [4.78, 5) is 27.4. The molecular weight excluding hydrogens is 416 g/mol. The minimum Gasteiger partial charge on any atom is -0.452 e. The zero-order chi connectivity index (χ0) is 22.4. The van der Waals surface area contributed by atoms with Crippen molar-refractivity contribution >= 4 is 23.6 Å². The zero-order valence-corrected chi connectivity index (χ0v) is 16.4. The third kappa shape index (κ3) is 6.07. The van der Waals surface area contributed by atoms with Gasteiger partial charge in [-0.3, -0.25) is 4.79 Å². The summed E-state index contributed by atoms with van der Waals surface area (Å²) in [5.74, 6) is -1.56. The summed E-state index contributed by atoms with van der Waals surface area (Å²) in [6.45, 7) is 1.10. The van der Waals surface area contributed by atoms with Crippen LogP contribution in [0.25, 0.3) is 6.08 Å². The van der Waals surface area contributed by atoms with E-state index in [1.54, 1.807) is 18.2 Å². The lowest BCUT2D eigenvalue weighted by Gasteiger charge is -2.36. The van der Waals surface area contributed by atoms with Crippen molar-refractivity contribution < 1.29 is 31.9 Å². The summed E-state index contributed by atoms with van der Waals surface area (Å²) in [7, 11) is 0. The maximum Gasteiger partial charge on any atom is 0.416 e. The van der Waals surface area contributed by atoms with Crippen LogP contribution in [0.15, 0.2) is 54.6 Å². The first-order chi connectivity index (χ1) is 14.7. The summed E-state index contributed by atoms with van der Waals surface area (Å²) in [6, 6.07) is 10.9. The van der Waals surface area contributed by atoms with Crippen molar-refractivity contribution in [1.82, 2.24) is 4.90 Å². The Bertz CT molecular complexity index is 967. The molecule has 1 heterocycles. The first-order valence-electron chi connectivity index (χ1n) is 9.53. The van der Waals surface area contributed by atoms with E-state index < -0.39 is 30.2 Å². The number of carbonyl (C=O) groups excluding carboxylic acids is 2. The number of alkyl halides is 3. The van der Waals surface area contributed by atoms with Gasteiger partial charge >= 0.3 is 12.1 Å². The fourth-order valence-corrected chi connectivity index (χ4v) is 3.16. The average Bonchev–Trinajstić information content (AvgIpc) is 2.76. The minimum absolute atomic E-state index is 0.183. The van der Waals surface area contributed by atoms with Gasteiger partial charge in [0.25, 0.3) is 5.91 Å². The van der Waals surface area contributed by atoms with Crippen LogP contribution in [-0.2, 0) is 20.5 Å². The molecule has 2 aromatic carbocycles. The molecule has 0 saturated carbocycles. The Hall–Kier alpha value is -3.36. The highest BCUT2D eigenvalue weighted by molar-refractivity contribution is 5.89. The van der Waals surface area contributed by atoms with Crippen LogP contribution in [-0.4, -0.2) is 49.6 Å². The van der Waals surface area contributed by atoms with Crippen LogP contribution < -0.4 is 4.90 Å². The van der Waals surface area contributed by atoms with E-state index in [1.165, 1.54) is 29.2 Å². The lowest BCUT2D eigenvalue weighted by molar-refractivity contribution is -0.148. The normalized spacial score (nSPS) is 14.7. The largest absolute Gasteiger partial charge is 0.452 e. The van der Waals surface area contributed by atoms with E-state index in [4.69, 9.17) is 4.74 Å². The summed E-state index contributed by atoms with van der Waals surface area (Å²) in [5, 5.41) is 0. The molecule has 0 bridgehead atoms. The SMILES string of the molecule is O=C(/C=C/c1cccc(C(F)(F)F)c1)OCC(=O)N1CCN(c2ccccc2F)CC1. The molecule has 1 fully saturated rings. The number of rotatable bonds is 5. The van der Waals surface area contributed by atoms with Crippen molar-refractivity contribution in [3.63, 3.8) is 0 Å². The molecule has 0 spiro atoms. The Balaban J connectivity index is 1.46. The van der Waals surface area contributed by atoms with E-state index in [2.05, 4.69) is 0 Å². The van der Waals surface area contributed by atoms with Gasteiger partial charge in [0, 0.05) is 32.3 Å². The molecule has 2 aromatic rings. The Morgan fingerprint density at radius 1 is 1.00 bits per heavy atom. The maximum atomic E-state index is 13.9. The Morgan fingerprint density at radius 3 is 2.39 bits per heavy atom. The van der Waals surface area contributed by atoms with Crippen LogP contribution in [0, 0.1) is 5.82 Å². The lowest BCUT2D eigenvalue weighted by Crippen LogP contribution is -2.50. The highest BCUT2D eigenvalue weighted by Gasteiger charge is 2.30. The molecule has 0 aliphatic carbocycles. The number of para-hydroxylation sites is 1. The number of anilines is 1. The molecule has 164 valence electrons. The van der Waals surface area contributed by atoms with Crippen molar-refractivity contribution in [1.29, 1.82) is 0 Å². The topological polar surface area (TPSA) is 49.9 Å². The monoisotopic (exact) mass is 436 g/mol. The molecule has 9 heteroatoms. The van der Waals surface area contributed by atoms with Gasteiger partial charge in [-0.1, -0.05) is 24.3 Å². The Kier molecular flexibility index (Phi) is 6.94. The van der Waals surface area contributed by atoms with Gasteiger partial charge in [-0.05, 0) is 35.9 Å². The highest BCUT2D eigenvalue weighted by atomic mass is 19.4. The highest BCUT2D eigenvalue weighted by Crippen LogP contribution is 2.29. The average molecular weight is 436 g/mol. The van der Waals surface area contributed by atoms with Gasteiger partial charge < -0.3 is 14.5 Å². The number of hydrogen-bond donors (Lipinski definition) is 0. The predicted octanol–water partition coefficient (Wildman–Crippen LogP) is 3.75. The molecule has 3 rings (SSSR count). The number of esters is 1. The molecule has 0 unspecified atom stereocenters. The molecule has 0 atom stereocenters. The molecule has 0 radical (unpaired) electrons. The number of nitrogens with zero attached hydrogens (tertiary/aromatic N) is 2. The van der Waals surface area contributed by atoms with Gasteiger partial charge in [0.15, 0.2) is 6.61 Å². The first-order valence-corrected chi connectivity index (χ1v) is 9.53. The molecule has 1 saturated heterocycles. The van der Waals surface area contributed by atoms with Gasteiger partial charge in [-0.2, -0.15) is 13.2 Å². The van der Waals surface area contributed by atoms with Gasteiger partial charge in [-0.15, -0.1) is 0 Å². The molecule has 5 nitrogen and oxygen atoms in total. The molecule has 0 aromatic heterocycles. The van der Waals surface area contributed by atoms with E-state index in [0.29, 0.717) is 31.9 Å². The fraction of sp³-hybridized carbons (Fsp3) is 0.273. The molecule has 31 heavy (non-hydrogen) atoms. The van der Waals surface area contributed by atoms with Gasteiger partial charge in [0.1, 0.15) is 5.82 Å². The standard InChI is InChI=1S/C22H20F4N2O3/c23-18-6-1-2-7-19(18)27-10-12-28(13-11-27)20(29)15-31-21(30)9-8-16-4-3-5-17(14-16)22(24,25)26/h1-9,14H,10-13,15H2/b9-8+. The molecule has 1 amide bonds. The second-order valence-electron chi connectivity index (χ2n) is 6.88. The van der Waals surface area contributed by atoms with E-state index in [1.807, 2.05) is 4.90 Å². The van der Waals surface area contributed by atoms with Crippen LogP contribution in [0.1, 0.15) is 11.1 Å². The van der Waals surface area contributed by atoms with Gasteiger partial charge in [0.05, 0.1) is 11.3 Å². The van der Waals surface area contributed by atoms with Crippen molar-refractivity contribution in [2.75, 3.05) is 37.7 Å². The predicted molar refractivity (Wildman–Crippen MR) is 107 cm³/mol. The third-order valence-corrected chi connectivity index (χ3v) is 4.79. The van der Waals surface area contributed by atoms with Crippen molar-refractivity contribution in [3.05, 3.63) is 71.6 Å². The molecule has 0 N–H and O–H groups in total. The second kappa shape index (κ2) is 9.63. The van der Waals surface area contributed by atoms with Crippen LogP contribution in [0.2, 0.25) is 0 Å². The van der Waals surface area contributed by atoms with Gasteiger partial charge in [-0.25, -0.2) is 9.18 Å². The first kappa shape index (κ1) is 22.3. The molecule has 1 aliphatic heterocycles. The summed E-state index contributed by atoms with van der Waals surface area (Å²) < 4.78 is 56.9. The lowest BCUT2D eigenvalue weighted by atomic mass is 10.1. The quantitative estimate of drug-likeness (QED) is 0.407. The van der Waals surface area contributed by atoms with Crippen LogP contribution in [0.3, 0.4) is 0 Å². The number of benzene rings is 2. The van der Waals surface area contributed by atoms with E-state index in [0.717, 1.165) is 18.2 Å². The van der Waals surface area contributed by atoms with E-state index >= 15 is 0 Å². The Morgan fingerprint density at radius 2 is 1.71 bits per heavy atom. The second-order valence-corrected chi connectivity index (χ2v) is 6.88. The number of carbonyl (C=O) groups is 2. The maximum absolute atomic E-state index is 13.9. The van der Waals surface area contributed by atoms with Crippen LogP contribution in [0.5, 0.6) is 0 Å². The number of hydrogen-bond acceptors (Lipinski definition) is 4. The fourth-order valence-electron chi connectivity index (χ4n) is 3.16. The third-order valence-electron chi connectivity index (χ3n) is 4.79. The van der Waals surface area contributed by atoms with Crippen LogP contribution >= 0.6 is 0 Å². The Labute approximate surface area is 176 Å². The van der Waals surface area contributed by atoms with Crippen molar-refractivity contribution in [2.45, 2.75) is 6.18 Å². The van der Waals surface area contributed by atoms with Crippen molar-refractivity contribution in [3.8, 4) is 0 Å². The summed E-state index contributed by atoms with van der Waals surface area (Å²) >= 11 is 0. The van der Waals surface area contributed by atoms with E-state index in [-0.39, 0.29) is 11.4 Å². The van der Waals surface area contributed by atoms with Crippen LogP contribution in [0.4, 0.5) is 23.2 Å². The summed E-state index contributed by atoms with van der Waals surface area (Å²) in [5.41, 5.74) is -0.171. The van der Waals surface area contributed by atoms with E-state index in [9.17, 15) is 27.2 Å².